The molecule has 10 heteroatoms. The molecular formula is C25H34BrN3O5S. The van der Waals surface area contributed by atoms with E-state index in [0.29, 0.717) is 24.6 Å². The Morgan fingerprint density at radius 2 is 1.63 bits per heavy atom. The summed E-state index contributed by atoms with van der Waals surface area (Å²) in [5, 5.41) is 2.86. The Hall–Kier alpha value is -2.59. The molecule has 0 radical (unpaired) electrons. The lowest BCUT2D eigenvalue weighted by molar-refractivity contribution is -0.139. The summed E-state index contributed by atoms with van der Waals surface area (Å²) >= 11 is 3.40. The fourth-order valence-electron chi connectivity index (χ4n) is 3.31. The second-order valence-electron chi connectivity index (χ2n) is 8.66. The molecule has 2 amide bonds. The van der Waals surface area contributed by atoms with Gasteiger partial charge in [0.05, 0.1) is 18.6 Å². The Balaban J connectivity index is 2.33. The molecule has 0 saturated carbocycles. The first kappa shape index (κ1) is 28.6. The topological polar surface area (TPSA) is 96.0 Å². The number of carbonyl (C=O) groups excluding carboxylic acids is 2. The summed E-state index contributed by atoms with van der Waals surface area (Å²) in [6, 6.07) is 13.1. The van der Waals surface area contributed by atoms with Crippen molar-refractivity contribution >= 4 is 43.5 Å². The fraction of sp³-hybridized carbons (Fsp3) is 0.440. The number of anilines is 1. The number of nitrogens with one attached hydrogen (secondary N) is 1. The van der Waals surface area contributed by atoms with Gasteiger partial charge in [-0.3, -0.25) is 13.9 Å². The van der Waals surface area contributed by atoms with Gasteiger partial charge in [-0.1, -0.05) is 41.9 Å². The fourth-order valence-corrected chi connectivity index (χ4v) is 4.42. The molecule has 0 fully saturated rings. The van der Waals surface area contributed by atoms with Crippen LogP contribution in [-0.2, 0) is 26.2 Å². The molecule has 35 heavy (non-hydrogen) atoms. The molecule has 0 aliphatic rings. The highest BCUT2D eigenvalue weighted by Crippen LogP contribution is 2.23. The number of hydrogen-bond donors (Lipinski definition) is 1. The first-order valence-electron chi connectivity index (χ1n) is 11.4. The summed E-state index contributed by atoms with van der Waals surface area (Å²) in [4.78, 5) is 27.7. The molecule has 2 aromatic rings. The summed E-state index contributed by atoms with van der Waals surface area (Å²) in [5.74, 6) is 0.0704. The summed E-state index contributed by atoms with van der Waals surface area (Å²) in [7, 11) is -3.78. The van der Waals surface area contributed by atoms with Gasteiger partial charge in [0.1, 0.15) is 18.3 Å². The third-order valence-electron chi connectivity index (χ3n) is 5.23. The zero-order chi connectivity index (χ0) is 26.2. The first-order valence-corrected chi connectivity index (χ1v) is 14.1. The number of carbonyl (C=O) groups is 2. The van der Waals surface area contributed by atoms with E-state index in [1.807, 2.05) is 45.0 Å². The van der Waals surface area contributed by atoms with Gasteiger partial charge in [0.2, 0.25) is 21.8 Å². The molecule has 0 bridgehead atoms. The highest BCUT2D eigenvalue weighted by atomic mass is 79.9. The Labute approximate surface area is 216 Å². The van der Waals surface area contributed by atoms with Crippen LogP contribution in [0.25, 0.3) is 0 Å². The number of sulfonamides is 1. The Bertz CT molecular complexity index is 1090. The molecule has 192 valence electrons. The van der Waals surface area contributed by atoms with E-state index in [1.54, 1.807) is 31.2 Å². The molecule has 0 aliphatic heterocycles. The lowest BCUT2D eigenvalue weighted by atomic mass is 10.1. The standard InChI is InChI=1S/C25H34BrN3O5S/c1-6-34-23-13-11-22(12-14-23)29(35(5,32)33)17-24(30)28(16-20-7-9-21(26)10-8-20)19(4)25(31)27-15-18(2)3/h7-14,18-19H,6,15-17H2,1-5H3,(H,27,31). The Kier molecular flexibility index (Phi) is 10.6. The van der Waals surface area contributed by atoms with Gasteiger partial charge in [-0.05, 0) is 61.7 Å². The van der Waals surface area contributed by atoms with Crippen LogP contribution in [0.15, 0.2) is 53.0 Å². The highest BCUT2D eigenvalue weighted by molar-refractivity contribution is 9.10. The van der Waals surface area contributed by atoms with Crippen LogP contribution in [0.4, 0.5) is 5.69 Å². The molecule has 2 rings (SSSR count). The molecule has 0 saturated heterocycles. The van der Waals surface area contributed by atoms with Gasteiger partial charge >= 0.3 is 0 Å². The minimum absolute atomic E-state index is 0.156. The van der Waals surface area contributed by atoms with Crippen molar-refractivity contribution in [1.29, 1.82) is 0 Å². The van der Waals surface area contributed by atoms with Crippen molar-refractivity contribution < 1.29 is 22.7 Å². The number of hydrogen-bond acceptors (Lipinski definition) is 5. The summed E-state index contributed by atoms with van der Waals surface area (Å²) in [5.41, 5.74) is 1.15. The van der Waals surface area contributed by atoms with Crippen LogP contribution in [0.3, 0.4) is 0 Å². The zero-order valence-electron chi connectivity index (χ0n) is 20.8. The maximum atomic E-state index is 13.5. The number of halogens is 1. The number of nitrogens with zero attached hydrogens (tertiary/aromatic N) is 2. The van der Waals surface area contributed by atoms with Gasteiger partial charge < -0.3 is 15.0 Å². The SMILES string of the molecule is CCOc1ccc(N(CC(=O)N(Cc2ccc(Br)cc2)C(C)C(=O)NCC(C)C)S(C)(=O)=O)cc1. The molecule has 2 aromatic carbocycles. The molecular weight excluding hydrogens is 534 g/mol. The van der Waals surface area contributed by atoms with E-state index in [0.717, 1.165) is 20.6 Å². The van der Waals surface area contributed by atoms with Crippen molar-refractivity contribution in [3.63, 3.8) is 0 Å². The van der Waals surface area contributed by atoms with E-state index in [2.05, 4.69) is 21.2 Å². The first-order chi connectivity index (χ1) is 16.4. The van der Waals surface area contributed by atoms with E-state index in [9.17, 15) is 18.0 Å². The average Bonchev–Trinajstić information content (AvgIpc) is 2.80. The molecule has 1 atom stereocenters. The maximum absolute atomic E-state index is 13.5. The highest BCUT2D eigenvalue weighted by Gasteiger charge is 2.30. The van der Waals surface area contributed by atoms with E-state index < -0.39 is 28.5 Å². The Morgan fingerprint density at radius 1 is 1.03 bits per heavy atom. The quantitative estimate of drug-likeness (QED) is 0.420. The van der Waals surface area contributed by atoms with Crippen molar-refractivity contribution in [2.45, 2.75) is 40.3 Å². The Morgan fingerprint density at radius 3 is 2.14 bits per heavy atom. The summed E-state index contributed by atoms with van der Waals surface area (Å²) in [6.45, 7) is 8.14. The molecule has 0 aliphatic carbocycles. The van der Waals surface area contributed by atoms with Gasteiger partial charge in [-0.2, -0.15) is 0 Å². The van der Waals surface area contributed by atoms with Crippen molar-refractivity contribution in [3.8, 4) is 5.75 Å². The van der Waals surface area contributed by atoms with E-state index >= 15 is 0 Å². The van der Waals surface area contributed by atoms with Gasteiger partial charge in [0, 0.05) is 17.6 Å². The number of benzene rings is 2. The lowest BCUT2D eigenvalue weighted by Gasteiger charge is -2.31. The third kappa shape index (κ3) is 8.85. The van der Waals surface area contributed by atoms with Gasteiger partial charge in [0.25, 0.3) is 0 Å². The maximum Gasteiger partial charge on any atom is 0.244 e. The minimum atomic E-state index is -3.78. The summed E-state index contributed by atoms with van der Waals surface area (Å²) in [6.07, 6.45) is 1.05. The van der Waals surface area contributed by atoms with Crippen LogP contribution in [0.2, 0.25) is 0 Å². The molecule has 0 spiro atoms. The van der Waals surface area contributed by atoms with Crippen molar-refractivity contribution in [2.75, 3.05) is 30.3 Å². The van der Waals surface area contributed by atoms with Gasteiger partial charge in [-0.25, -0.2) is 8.42 Å². The predicted octanol–water partition coefficient (Wildman–Crippen LogP) is 3.80. The van der Waals surface area contributed by atoms with Crippen LogP contribution in [0.5, 0.6) is 5.75 Å². The molecule has 1 N–H and O–H groups in total. The van der Waals surface area contributed by atoms with Crippen molar-refractivity contribution in [2.24, 2.45) is 5.92 Å². The largest absolute Gasteiger partial charge is 0.494 e. The monoisotopic (exact) mass is 567 g/mol. The van der Waals surface area contributed by atoms with E-state index in [4.69, 9.17) is 4.74 Å². The van der Waals surface area contributed by atoms with Crippen LogP contribution in [0, 0.1) is 5.92 Å². The van der Waals surface area contributed by atoms with E-state index in [1.165, 1.54) is 4.90 Å². The van der Waals surface area contributed by atoms with Crippen LogP contribution in [0.1, 0.15) is 33.3 Å². The van der Waals surface area contributed by atoms with Gasteiger partial charge in [-0.15, -0.1) is 0 Å². The van der Waals surface area contributed by atoms with Crippen LogP contribution >= 0.6 is 15.9 Å². The van der Waals surface area contributed by atoms with Crippen molar-refractivity contribution in [1.82, 2.24) is 10.2 Å². The average molecular weight is 569 g/mol. The second kappa shape index (κ2) is 12.9. The number of ether oxygens (including phenoxy) is 1. The zero-order valence-corrected chi connectivity index (χ0v) is 23.2. The number of rotatable bonds is 12. The smallest absolute Gasteiger partial charge is 0.244 e. The normalized spacial score (nSPS) is 12.2. The minimum Gasteiger partial charge on any atom is -0.494 e. The predicted molar refractivity (Wildman–Crippen MR) is 142 cm³/mol. The van der Waals surface area contributed by atoms with Crippen LogP contribution < -0.4 is 14.4 Å². The van der Waals surface area contributed by atoms with E-state index in [-0.39, 0.29) is 18.4 Å². The molecule has 8 nitrogen and oxygen atoms in total. The number of amides is 2. The second-order valence-corrected chi connectivity index (χ2v) is 11.5. The summed E-state index contributed by atoms with van der Waals surface area (Å²) < 4.78 is 32.6. The van der Waals surface area contributed by atoms with Gasteiger partial charge in [0.15, 0.2) is 0 Å². The third-order valence-corrected chi connectivity index (χ3v) is 6.90. The molecule has 1 unspecified atom stereocenters. The lowest BCUT2D eigenvalue weighted by Crippen LogP contribution is -2.51. The molecule has 0 heterocycles. The van der Waals surface area contributed by atoms with Crippen molar-refractivity contribution in [3.05, 3.63) is 58.6 Å². The van der Waals surface area contributed by atoms with Crippen LogP contribution in [-0.4, -0.2) is 57.1 Å². The molecule has 0 aromatic heterocycles.